The first kappa shape index (κ1) is 22.2. The number of para-hydroxylation sites is 2. The third-order valence-corrected chi connectivity index (χ3v) is 8.85. The number of hydrogen-bond donors (Lipinski definition) is 0. The second kappa shape index (κ2) is 9.30. The van der Waals surface area contributed by atoms with Crippen LogP contribution in [-0.2, 0) is 16.7 Å². The number of nitrogens with zero attached hydrogens (tertiary/aromatic N) is 4. The first-order chi connectivity index (χ1) is 16.1. The molecule has 0 bridgehead atoms. The average molecular weight is 479 g/mol. The molecule has 8 heteroatoms. The Hall–Kier alpha value is -2.65. The lowest BCUT2D eigenvalue weighted by atomic mass is 10.1. The number of rotatable bonds is 7. The number of fused-ring (bicyclic) bond motifs is 2. The summed E-state index contributed by atoms with van der Waals surface area (Å²) in [6.45, 7) is 6.78. The van der Waals surface area contributed by atoms with Gasteiger partial charge in [-0.05, 0) is 35.0 Å². The fourth-order valence-corrected chi connectivity index (χ4v) is 6.42. The Morgan fingerprint density at radius 2 is 1.67 bits per heavy atom. The highest BCUT2D eigenvalue weighted by molar-refractivity contribution is 7.99. The molecule has 0 atom stereocenters. The van der Waals surface area contributed by atoms with Gasteiger partial charge < -0.3 is 4.57 Å². The summed E-state index contributed by atoms with van der Waals surface area (Å²) in [5.41, 5.74) is 2.07. The molecular formula is C25H26N4O2S2. The summed E-state index contributed by atoms with van der Waals surface area (Å²) in [4.78, 5) is 7.43. The van der Waals surface area contributed by atoms with E-state index in [2.05, 4.69) is 22.1 Å². The zero-order valence-corrected chi connectivity index (χ0v) is 19.9. The van der Waals surface area contributed by atoms with E-state index in [1.807, 2.05) is 54.6 Å². The molecule has 5 rings (SSSR count). The Morgan fingerprint density at radius 3 is 2.45 bits per heavy atom. The van der Waals surface area contributed by atoms with Crippen molar-refractivity contribution in [1.29, 1.82) is 0 Å². The van der Waals surface area contributed by atoms with Crippen LogP contribution in [0.3, 0.4) is 0 Å². The van der Waals surface area contributed by atoms with Gasteiger partial charge in [-0.3, -0.25) is 4.90 Å². The number of sulfonamides is 1. The normalized spacial score (nSPS) is 15.9. The van der Waals surface area contributed by atoms with Gasteiger partial charge in [0.2, 0.25) is 10.0 Å². The molecule has 1 saturated heterocycles. The topological polar surface area (TPSA) is 58.4 Å². The first-order valence-electron chi connectivity index (χ1n) is 11.0. The van der Waals surface area contributed by atoms with E-state index in [9.17, 15) is 8.42 Å². The fourth-order valence-electron chi connectivity index (χ4n) is 4.22. The van der Waals surface area contributed by atoms with Crippen LogP contribution in [0.5, 0.6) is 0 Å². The monoisotopic (exact) mass is 478 g/mol. The lowest BCUT2D eigenvalue weighted by molar-refractivity contribution is 0.150. The summed E-state index contributed by atoms with van der Waals surface area (Å²) in [6.07, 6.45) is 1.88. The molecule has 170 valence electrons. The zero-order valence-electron chi connectivity index (χ0n) is 18.3. The van der Waals surface area contributed by atoms with Gasteiger partial charge in [-0.15, -0.1) is 6.58 Å². The van der Waals surface area contributed by atoms with Crippen molar-refractivity contribution in [2.24, 2.45) is 0 Å². The van der Waals surface area contributed by atoms with E-state index < -0.39 is 10.0 Å². The summed E-state index contributed by atoms with van der Waals surface area (Å²) in [6, 6.07) is 21.3. The maximum atomic E-state index is 13.3. The average Bonchev–Trinajstić information content (AvgIpc) is 3.20. The van der Waals surface area contributed by atoms with Crippen molar-refractivity contribution in [2.75, 3.05) is 31.9 Å². The predicted molar refractivity (Wildman–Crippen MR) is 135 cm³/mol. The van der Waals surface area contributed by atoms with Crippen LogP contribution >= 0.6 is 11.8 Å². The second-order valence-electron chi connectivity index (χ2n) is 8.08. The molecule has 6 nitrogen and oxygen atoms in total. The van der Waals surface area contributed by atoms with Gasteiger partial charge in [0.05, 0.1) is 22.6 Å². The van der Waals surface area contributed by atoms with Gasteiger partial charge in [-0.2, -0.15) is 4.31 Å². The standard InChI is InChI=1S/C25H26N4O2S2/c1-2-17-32-25-26-23-9-5-6-10-24(23)29(25)19-27-13-15-28(16-14-27)33(30,31)22-12-11-20-7-3-4-8-21(20)18-22/h2-12,18H,1,13-17,19H2. The number of piperazine rings is 1. The van der Waals surface area contributed by atoms with E-state index in [-0.39, 0.29) is 0 Å². The molecule has 1 fully saturated rings. The summed E-state index contributed by atoms with van der Waals surface area (Å²) in [5, 5.41) is 2.94. The highest BCUT2D eigenvalue weighted by Gasteiger charge is 2.29. The van der Waals surface area contributed by atoms with Gasteiger partial charge in [0.25, 0.3) is 0 Å². The maximum Gasteiger partial charge on any atom is 0.243 e. The van der Waals surface area contributed by atoms with Crippen molar-refractivity contribution in [3.63, 3.8) is 0 Å². The van der Waals surface area contributed by atoms with Crippen LogP contribution < -0.4 is 0 Å². The molecule has 0 radical (unpaired) electrons. The fraction of sp³-hybridized carbons (Fsp3) is 0.240. The van der Waals surface area contributed by atoms with Gasteiger partial charge in [0, 0.05) is 31.9 Å². The first-order valence-corrected chi connectivity index (χ1v) is 13.4. The lowest BCUT2D eigenvalue weighted by Crippen LogP contribution is -2.48. The second-order valence-corrected chi connectivity index (χ2v) is 11.0. The minimum absolute atomic E-state index is 0.360. The van der Waals surface area contributed by atoms with E-state index in [4.69, 9.17) is 4.98 Å². The Morgan fingerprint density at radius 1 is 0.939 bits per heavy atom. The van der Waals surface area contributed by atoms with Crippen molar-refractivity contribution >= 4 is 43.6 Å². The number of benzene rings is 3. The molecule has 0 saturated carbocycles. The molecule has 1 aliphatic heterocycles. The highest BCUT2D eigenvalue weighted by Crippen LogP contribution is 2.26. The number of hydrogen-bond acceptors (Lipinski definition) is 5. The minimum atomic E-state index is -3.52. The van der Waals surface area contributed by atoms with Crippen LogP contribution in [0, 0.1) is 0 Å². The van der Waals surface area contributed by atoms with Gasteiger partial charge >= 0.3 is 0 Å². The van der Waals surface area contributed by atoms with Crippen LogP contribution in [0.25, 0.3) is 21.8 Å². The maximum absolute atomic E-state index is 13.3. The van der Waals surface area contributed by atoms with E-state index in [0.717, 1.165) is 32.7 Å². The SMILES string of the molecule is C=CCSc1nc2ccccc2n1CN1CCN(S(=O)(=O)c2ccc3ccccc3c2)CC1. The van der Waals surface area contributed by atoms with Crippen molar-refractivity contribution in [1.82, 2.24) is 18.8 Å². The van der Waals surface area contributed by atoms with Crippen molar-refractivity contribution in [3.8, 4) is 0 Å². The van der Waals surface area contributed by atoms with Gasteiger partial charge in [-0.1, -0.05) is 60.3 Å². The molecule has 3 aromatic carbocycles. The van der Waals surface area contributed by atoms with E-state index >= 15 is 0 Å². The lowest BCUT2D eigenvalue weighted by Gasteiger charge is -2.34. The molecule has 4 aromatic rings. The molecule has 0 spiro atoms. The molecular weight excluding hydrogens is 452 g/mol. The van der Waals surface area contributed by atoms with Crippen molar-refractivity contribution in [2.45, 2.75) is 16.7 Å². The van der Waals surface area contributed by atoms with Crippen LogP contribution in [-0.4, -0.2) is 59.1 Å². The molecule has 1 aliphatic rings. The zero-order chi connectivity index (χ0) is 22.8. The third-order valence-electron chi connectivity index (χ3n) is 5.98. The third kappa shape index (κ3) is 4.44. The van der Waals surface area contributed by atoms with Crippen LogP contribution in [0.1, 0.15) is 0 Å². The summed E-state index contributed by atoms with van der Waals surface area (Å²) >= 11 is 1.67. The number of aromatic nitrogens is 2. The summed E-state index contributed by atoms with van der Waals surface area (Å²) in [5.74, 6) is 0.793. The van der Waals surface area contributed by atoms with E-state index in [1.165, 1.54) is 0 Å². The smallest absolute Gasteiger partial charge is 0.243 e. The summed E-state index contributed by atoms with van der Waals surface area (Å²) < 4.78 is 30.4. The quantitative estimate of drug-likeness (QED) is 0.291. The Balaban J connectivity index is 1.31. The number of imidazole rings is 1. The Bertz CT molecular complexity index is 1410. The molecule has 0 N–H and O–H groups in total. The number of thioether (sulfide) groups is 1. The van der Waals surface area contributed by atoms with Gasteiger partial charge in [0.15, 0.2) is 5.16 Å². The van der Waals surface area contributed by atoms with Crippen LogP contribution in [0.2, 0.25) is 0 Å². The van der Waals surface area contributed by atoms with Gasteiger partial charge in [0.1, 0.15) is 0 Å². The molecule has 0 aliphatic carbocycles. The highest BCUT2D eigenvalue weighted by atomic mass is 32.2. The summed E-state index contributed by atoms with van der Waals surface area (Å²) in [7, 11) is -3.52. The minimum Gasteiger partial charge on any atom is -0.305 e. The van der Waals surface area contributed by atoms with Crippen LogP contribution in [0.4, 0.5) is 0 Å². The molecule has 33 heavy (non-hydrogen) atoms. The Kier molecular flexibility index (Phi) is 6.25. The molecule has 0 unspecified atom stereocenters. The molecule has 0 amide bonds. The Labute approximate surface area is 198 Å². The predicted octanol–water partition coefficient (Wildman–Crippen LogP) is 4.43. The van der Waals surface area contributed by atoms with E-state index in [1.54, 1.807) is 28.2 Å². The van der Waals surface area contributed by atoms with E-state index in [0.29, 0.717) is 37.7 Å². The molecule has 2 heterocycles. The van der Waals surface area contributed by atoms with Crippen LogP contribution in [0.15, 0.2) is 89.4 Å². The van der Waals surface area contributed by atoms with Crippen molar-refractivity contribution < 1.29 is 8.42 Å². The van der Waals surface area contributed by atoms with Crippen molar-refractivity contribution in [3.05, 3.63) is 79.4 Å². The largest absolute Gasteiger partial charge is 0.305 e. The van der Waals surface area contributed by atoms with Gasteiger partial charge in [-0.25, -0.2) is 13.4 Å². The molecule has 1 aromatic heterocycles.